The van der Waals surface area contributed by atoms with Crippen molar-refractivity contribution >= 4 is 28.1 Å². The summed E-state index contributed by atoms with van der Waals surface area (Å²) in [4.78, 5) is 0. The van der Waals surface area contributed by atoms with Gasteiger partial charge in [-0.1, -0.05) is 55.8 Å². The number of alkyl halides is 3. The number of fused-ring (bicyclic) bond motifs is 2. The lowest BCUT2D eigenvalue weighted by Gasteiger charge is -2.49. The summed E-state index contributed by atoms with van der Waals surface area (Å²) in [6, 6.07) is 9.44. The van der Waals surface area contributed by atoms with Gasteiger partial charge in [-0.05, 0) is 42.0 Å². The van der Waals surface area contributed by atoms with E-state index in [1.54, 1.807) is 51.1 Å². The van der Waals surface area contributed by atoms with Gasteiger partial charge in [-0.25, -0.2) is 0 Å². The van der Waals surface area contributed by atoms with Crippen LogP contribution in [0.1, 0.15) is 43.0 Å². The van der Waals surface area contributed by atoms with Crippen molar-refractivity contribution in [1.29, 1.82) is 0 Å². The van der Waals surface area contributed by atoms with Crippen LogP contribution in [0, 0.1) is 6.92 Å². The molecular weight excluding hydrogens is 443 g/mol. The van der Waals surface area contributed by atoms with Gasteiger partial charge >= 0.3 is 6.18 Å². The monoisotopic (exact) mass is 465 g/mol. The highest BCUT2D eigenvalue weighted by Gasteiger charge is 2.64. The molecule has 0 saturated carbocycles. The van der Waals surface area contributed by atoms with E-state index in [1.807, 2.05) is 0 Å². The Hall–Kier alpha value is -2.64. The molecule has 0 bridgehead atoms. The van der Waals surface area contributed by atoms with Gasteiger partial charge in [-0.2, -0.15) is 13.2 Å². The van der Waals surface area contributed by atoms with Gasteiger partial charge in [0.2, 0.25) is 0 Å². The molecule has 0 heterocycles. The number of aliphatic hydroxyl groups is 1. The highest BCUT2D eigenvalue weighted by Crippen LogP contribution is 2.57. The number of phenolic OH excluding ortho intramolecular Hbond substituents is 2. The van der Waals surface area contributed by atoms with E-state index in [0.717, 1.165) is 0 Å². The quantitative estimate of drug-likeness (QED) is 0.356. The van der Waals surface area contributed by atoms with Crippen LogP contribution in [0.5, 0.6) is 11.5 Å². The average Bonchev–Trinajstić information content (AvgIpc) is 2.68. The fraction of sp³-hybridized carbons (Fsp3) is 0.333. The first-order chi connectivity index (χ1) is 14.8. The molecule has 0 aromatic heterocycles. The average molecular weight is 466 g/mol. The fourth-order valence-corrected chi connectivity index (χ4v) is 5.05. The van der Waals surface area contributed by atoms with E-state index < -0.39 is 29.7 Å². The lowest BCUT2D eigenvalue weighted by molar-refractivity contribution is -0.275. The van der Waals surface area contributed by atoms with Crippen LogP contribution in [0.4, 0.5) is 18.9 Å². The molecule has 0 radical (unpaired) electrons. The summed E-state index contributed by atoms with van der Waals surface area (Å²) < 4.78 is 43.1. The Morgan fingerprint density at radius 3 is 2.34 bits per heavy atom. The van der Waals surface area contributed by atoms with Crippen LogP contribution in [-0.4, -0.2) is 27.1 Å². The van der Waals surface area contributed by atoms with Gasteiger partial charge in [0, 0.05) is 22.0 Å². The van der Waals surface area contributed by atoms with Crippen LogP contribution in [0.25, 0.3) is 10.8 Å². The fourth-order valence-electron chi connectivity index (χ4n) is 4.90. The summed E-state index contributed by atoms with van der Waals surface area (Å²) >= 11 is 6.22. The first-order valence-corrected chi connectivity index (χ1v) is 10.4. The van der Waals surface area contributed by atoms with Gasteiger partial charge in [0.25, 0.3) is 0 Å². The zero-order valence-electron chi connectivity index (χ0n) is 17.7. The Labute approximate surface area is 188 Å². The molecule has 1 aliphatic carbocycles. The number of hydrogen-bond donors (Lipinski definition) is 4. The standard InChI is InChI=1S/C24H23ClF3NO3/c1-12-10-15-18(20(31)19(12)25)22(2,3)11-23(32,24(26,27)28)21(15)29-16-8-4-7-14-13(16)6-5-9-17(14)30/h4-10,21,29-32H,11H2,1-3H3. The van der Waals surface area contributed by atoms with E-state index in [0.29, 0.717) is 22.0 Å². The van der Waals surface area contributed by atoms with Crippen LogP contribution in [0.2, 0.25) is 5.02 Å². The number of nitrogens with one attached hydrogen (secondary N) is 1. The second-order valence-corrected chi connectivity index (χ2v) is 9.44. The third kappa shape index (κ3) is 3.26. The Morgan fingerprint density at radius 2 is 1.69 bits per heavy atom. The molecule has 4 N–H and O–H groups in total. The second kappa shape index (κ2) is 7.18. The van der Waals surface area contributed by atoms with E-state index in [4.69, 9.17) is 11.6 Å². The topological polar surface area (TPSA) is 72.7 Å². The van der Waals surface area contributed by atoms with Crippen LogP contribution < -0.4 is 5.32 Å². The zero-order chi connectivity index (χ0) is 23.6. The van der Waals surface area contributed by atoms with Gasteiger partial charge < -0.3 is 20.6 Å². The van der Waals surface area contributed by atoms with Crippen molar-refractivity contribution < 1.29 is 28.5 Å². The minimum Gasteiger partial charge on any atom is -0.507 e. The van der Waals surface area contributed by atoms with Crippen LogP contribution in [0.15, 0.2) is 42.5 Å². The number of halogens is 4. The van der Waals surface area contributed by atoms with E-state index in [2.05, 4.69) is 5.32 Å². The number of aryl methyl sites for hydroxylation is 1. The maximum absolute atomic E-state index is 14.4. The van der Waals surface area contributed by atoms with Gasteiger partial charge in [-0.3, -0.25) is 0 Å². The van der Waals surface area contributed by atoms with Crippen LogP contribution >= 0.6 is 11.6 Å². The number of benzene rings is 3. The molecule has 0 aliphatic heterocycles. The zero-order valence-corrected chi connectivity index (χ0v) is 18.4. The van der Waals surface area contributed by atoms with Crippen molar-refractivity contribution in [2.24, 2.45) is 0 Å². The van der Waals surface area contributed by atoms with Gasteiger partial charge in [0.1, 0.15) is 11.5 Å². The Morgan fingerprint density at radius 1 is 1.06 bits per heavy atom. The second-order valence-electron chi connectivity index (χ2n) is 9.06. The van der Waals surface area contributed by atoms with E-state index >= 15 is 0 Å². The minimum atomic E-state index is -4.96. The SMILES string of the molecule is Cc1cc2c(c(O)c1Cl)C(C)(C)CC(O)(C(F)(F)F)C2Nc1cccc2c(O)cccc12. The number of anilines is 1. The van der Waals surface area contributed by atoms with Crippen molar-refractivity contribution in [1.82, 2.24) is 0 Å². The molecule has 0 spiro atoms. The Balaban J connectivity index is 2.00. The summed E-state index contributed by atoms with van der Waals surface area (Å²) in [5.74, 6) is -0.291. The molecule has 3 aromatic rings. The molecule has 4 nitrogen and oxygen atoms in total. The maximum atomic E-state index is 14.4. The Kier molecular flexibility index (Phi) is 5.06. The molecule has 32 heavy (non-hydrogen) atoms. The lowest BCUT2D eigenvalue weighted by atomic mass is 9.63. The molecule has 0 amide bonds. The van der Waals surface area contributed by atoms with E-state index in [1.165, 1.54) is 12.1 Å². The van der Waals surface area contributed by atoms with Gasteiger partial charge in [-0.15, -0.1) is 0 Å². The molecule has 1 aliphatic rings. The summed E-state index contributed by atoms with van der Waals surface area (Å²) in [6.07, 6.45) is -5.65. The summed E-state index contributed by atoms with van der Waals surface area (Å²) in [5.41, 5.74) is -3.25. The number of phenols is 2. The maximum Gasteiger partial charge on any atom is 0.419 e. The van der Waals surface area contributed by atoms with Crippen LogP contribution in [-0.2, 0) is 5.41 Å². The first-order valence-electron chi connectivity index (χ1n) is 10.1. The highest BCUT2D eigenvalue weighted by atomic mass is 35.5. The first kappa shape index (κ1) is 22.6. The van der Waals surface area contributed by atoms with Crippen molar-refractivity contribution in [3.63, 3.8) is 0 Å². The van der Waals surface area contributed by atoms with Gasteiger partial charge in [0.15, 0.2) is 5.60 Å². The van der Waals surface area contributed by atoms with Crippen molar-refractivity contribution in [2.75, 3.05) is 5.32 Å². The molecule has 4 rings (SSSR count). The van der Waals surface area contributed by atoms with Crippen molar-refractivity contribution in [3.05, 3.63) is 64.2 Å². The smallest absolute Gasteiger partial charge is 0.419 e. The normalized spacial score (nSPS) is 22.6. The van der Waals surface area contributed by atoms with E-state index in [9.17, 15) is 28.5 Å². The van der Waals surface area contributed by atoms with Crippen molar-refractivity contribution in [3.8, 4) is 11.5 Å². The highest BCUT2D eigenvalue weighted by molar-refractivity contribution is 6.33. The molecule has 0 saturated heterocycles. The lowest BCUT2D eigenvalue weighted by Crippen LogP contribution is -2.58. The summed E-state index contributed by atoms with van der Waals surface area (Å²) in [5, 5.41) is 36.0. The third-order valence-corrected chi connectivity index (χ3v) is 6.80. The molecule has 8 heteroatoms. The van der Waals surface area contributed by atoms with Gasteiger partial charge in [0.05, 0.1) is 11.1 Å². The number of rotatable bonds is 2. The van der Waals surface area contributed by atoms with E-state index in [-0.39, 0.29) is 27.6 Å². The molecule has 3 aromatic carbocycles. The third-order valence-electron chi connectivity index (χ3n) is 6.32. The summed E-state index contributed by atoms with van der Waals surface area (Å²) in [6.45, 7) is 4.67. The molecule has 170 valence electrons. The number of hydrogen-bond acceptors (Lipinski definition) is 4. The Bertz CT molecular complexity index is 1230. The largest absolute Gasteiger partial charge is 0.507 e. The molecule has 0 fully saturated rings. The summed E-state index contributed by atoms with van der Waals surface area (Å²) in [7, 11) is 0. The predicted octanol–water partition coefficient (Wildman–Crippen LogP) is 6.34. The number of aromatic hydroxyl groups is 2. The molecule has 2 unspecified atom stereocenters. The minimum absolute atomic E-state index is 0.0114. The predicted molar refractivity (Wildman–Crippen MR) is 118 cm³/mol. The molecule has 2 atom stereocenters. The molecular formula is C24H23ClF3NO3. The van der Waals surface area contributed by atoms with Crippen molar-refractivity contribution in [2.45, 2.75) is 50.4 Å². The van der Waals surface area contributed by atoms with Crippen LogP contribution in [0.3, 0.4) is 0 Å².